The summed E-state index contributed by atoms with van der Waals surface area (Å²) in [5, 5.41) is 7.92. The van der Waals surface area contributed by atoms with Crippen LogP contribution in [0.3, 0.4) is 0 Å². The smallest absolute Gasteiger partial charge is 0.225 e. The van der Waals surface area contributed by atoms with Gasteiger partial charge in [0.25, 0.3) is 0 Å². The number of rotatable bonds is 4. The fourth-order valence-electron chi connectivity index (χ4n) is 3.14. The Hall–Kier alpha value is -3.62. The maximum Gasteiger partial charge on any atom is 0.225 e. The second-order valence-corrected chi connectivity index (χ2v) is 6.91. The maximum atomic E-state index is 14.5. The second-order valence-electron chi connectivity index (χ2n) is 6.91. The molecule has 0 saturated heterocycles. The molecule has 0 aliphatic heterocycles. The van der Waals surface area contributed by atoms with Crippen molar-refractivity contribution in [2.75, 3.05) is 11.1 Å². The van der Waals surface area contributed by atoms with Gasteiger partial charge in [-0.25, -0.2) is 22.8 Å². The van der Waals surface area contributed by atoms with Crippen LogP contribution in [-0.4, -0.2) is 25.8 Å². The number of halogens is 3. The molecule has 0 atom stereocenters. The van der Waals surface area contributed by atoms with Crippen LogP contribution in [0, 0.1) is 17.5 Å². The Morgan fingerprint density at radius 2 is 1.69 bits per heavy atom. The summed E-state index contributed by atoms with van der Waals surface area (Å²) in [5.74, 6) is -1.39. The SMILES string of the molecule is Nc1c2c(-c3ccc(F)cc3F)nc(NC3CC3)nc2nn1-c1ccc(F)cc1. The first kappa shape index (κ1) is 17.5. The van der Waals surface area contributed by atoms with Gasteiger partial charge in [-0.1, -0.05) is 0 Å². The van der Waals surface area contributed by atoms with Crippen LogP contribution in [0.4, 0.5) is 24.9 Å². The van der Waals surface area contributed by atoms with Crippen LogP contribution >= 0.6 is 0 Å². The van der Waals surface area contributed by atoms with E-state index in [9.17, 15) is 13.2 Å². The third-order valence-corrected chi connectivity index (χ3v) is 4.74. The van der Waals surface area contributed by atoms with E-state index in [-0.39, 0.29) is 28.8 Å². The van der Waals surface area contributed by atoms with E-state index in [2.05, 4.69) is 20.4 Å². The van der Waals surface area contributed by atoms with Gasteiger partial charge in [-0.05, 0) is 49.2 Å². The van der Waals surface area contributed by atoms with Crippen molar-refractivity contribution in [3.8, 4) is 16.9 Å². The minimum absolute atomic E-state index is 0.0861. The summed E-state index contributed by atoms with van der Waals surface area (Å²) in [6, 6.07) is 9.12. The summed E-state index contributed by atoms with van der Waals surface area (Å²) in [4.78, 5) is 8.85. The lowest BCUT2D eigenvalue weighted by Gasteiger charge is -2.09. The molecule has 3 N–H and O–H groups in total. The third kappa shape index (κ3) is 3.14. The number of nitrogens with zero attached hydrogens (tertiary/aromatic N) is 4. The van der Waals surface area contributed by atoms with Gasteiger partial charge in [-0.2, -0.15) is 4.98 Å². The van der Waals surface area contributed by atoms with Crippen LogP contribution in [0.5, 0.6) is 0 Å². The van der Waals surface area contributed by atoms with E-state index in [1.807, 2.05) is 0 Å². The predicted molar refractivity (Wildman–Crippen MR) is 103 cm³/mol. The average molecular weight is 396 g/mol. The van der Waals surface area contributed by atoms with Crippen molar-refractivity contribution in [3.63, 3.8) is 0 Å². The fraction of sp³-hybridized carbons (Fsp3) is 0.150. The summed E-state index contributed by atoms with van der Waals surface area (Å²) in [7, 11) is 0. The Morgan fingerprint density at radius 3 is 2.38 bits per heavy atom. The molecule has 2 heterocycles. The number of hydrogen-bond donors (Lipinski definition) is 2. The van der Waals surface area contributed by atoms with E-state index in [0.717, 1.165) is 25.0 Å². The van der Waals surface area contributed by atoms with Crippen molar-refractivity contribution in [2.45, 2.75) is 18.9 Å². The van der Waals surface area contributed by atoms with Gasteiger partial charge in [0.05, 0.1) is 16.8 Å². The summed E-state index contributed by atoms with van der Waals surface area (Å²) >= 11 is 0. The molecule has 0 bridgehead atoms. The standard InChI is InChI=1S/C20H15F3N6/c21-10-1-6-13(7-2-10)29-18(24)16-17(14-8-3-11(22)9-15(14)23)26-20(25-12-4-5-12)27-19(16)28-29/h1-3,6-9,12H,4-5,24H2,(H,25,27,28). The van der Waals surface area contributed by atoms with Crippen LogP contribution in [-0.2, 0) is 0 Å². The van der Waals surface area contributed by atoms with Crippen LogP contribution in [0.25, 0.3) is 28.0 Å². The van der Waals surface area contributed by atoms with Crippen molar-refractivity contribution >= 4 is 22.8 Å². The van der Waals surface area contributed by atoms with Gasteiger partial charge in [0.1, 0.15) is 23.3 Å². The van der Waals surface area contributed by atoms with Crippen LogP contribution in [0.1, 0.15) is 12.8 Å². The lowest BCUT2D eigenvalue weighted by Crippen LogP contribution is -2.07. The average Bonchev–Trinajstić information content (AvgIpc) is 3.44. The first-order valence-electron chi connectivity index (χ1n) is 9.04. The molecule has 6 nitrogen and oxygen atoms in total. The van der Waals surface area contributed by atoms with Gasteiger partial charge < -0.3 is 11.1 Å². The van der Waals surface area contributed by atoms with Gasteiger partial charge >= 0.3 is 0 Å². The molecule has 1 aliphatic rings. The number of aromatic nitrogens is 4. The maximum absolute atomic E-state index is 14.5. The number of nitrogens with two attached hydrogens (primary N) is 1. The van der Waals surface area contributed by atoms with Gasteiger partial charge in [0.15, 0.2) is 5.65 Å². The lowest BCUT2D eigenvalue weighted by atomic mass is 10.1. The summed E-state index contributed by atoms with van der Waals surface area (Å²) in [6.07, 6.45) is 1.99. The van der Waals surface area contributed by atoms with E-state index >= 15 is 0 Å². The minimum Gasteiger partial charge on any atom is -0.383 e. The normalized spacial score (nSPS) is 13.8. The highest BCUT2D eigenvalue weighted by Crippen LogP contribution is 2.35. The van der Waals surface area contributed by atoms with Crippen molar-refractivity contribution < 1.29 is 13.2 Å². The number of nitrogen functional groups attached to an aromatic ring is 1. The molecule has 2 aromatic heterocycles. The summed E-state index contributed by atoms with van der Waals surface area (Å²) < 4.78 is 42.6. The first-order chi connectivity index (χ1) is 14.0. The molecular formula is C20H15F3N6. The highest BCUT2D eigenvalue weighted by atomic mass is 19.1. The molecule has 4 aromatic rings. The first-order valence-corrected chi connectivity index (χ1v) is 9.04. The molecule has 1 aliphatic carbocycles. The molecule has 0 spiro atoms. The number of hydrogen-bond acceptors (Lipinski definition) is 5. The topological polar surface area (TPSA) is 81.7 Å². The van der Waals surface area contributed by atoms with Crippen molar-refractivity contribution in [1.82, 2.24) is 19.7 Å². The molecule has 29 heavy (non-hydrogen) atoms. The monoisotopic (exact) mass is 396 g/mol. The zero-order chi connectivity index (χ0) is 20.1. The highest BCUT2D eigenvalue weighted by Gasteiger charge is 2.25. The van der Waals surface area contributed by atoms with E-state index < -0.39 is 17.5 Å². The highest BCUT2D eigenvalue weighted by molar-refractivity contribution is 5.99. The Bertz CT molecular complexity index is 1230. The Labute approximate surface area is 163 Å². The molecule has 1 fully saturated rings. The number of nitrogens with one attached hydrogen (secondary N) is 1. The van der Waals surface area contributed by atoms with Crippen molar-refractivity contribution in [2.24, 2.45) is 0 Å². The Kier molecular flexibility index (Phi) is 3.90. The van der Waals surface area contributed by atoms with Crippen molar-refractivity contribution in [3.05, 3.63) is 59.9 Å². The zero-order valence-corrected chi connectivity index (χ0v) is 15.0. The molecule has 146 valence electrons. The minimum atomic E-state index is -0.767. The summed E-state index contributed by atoms with van der Waals surface area (Å²) in [6.45, 7) is 0. The summed E-state index contributed by atoms with van der Waals surface area (Å²) in [5.41, 5.74) is 7.37. The number of benzene rings is 2. The van der Waals surface area contributed by atoms with Gasteiger partial charge in [-0.3, -0.25) is 0 Å². The molecule has 2 aromatic carbocycles. The van der Waals surface area contributed by atoms with Crippen LogP contribution in [0.2, 0.25) is 0 Å². The zero-order valence-electron chi connectivity index (χ0n) is 15.0. The van der Waals surface area contributed by atoms with Crippen LogP contribution in [0.15, 0.2) is 42.5 Å². The Balaban J connectivity index is 1.75. The largest absolute Gasteiger partial charge is 0.383 e. The van der Waals surface area contributed by atoms with Gasteiger partial charge in [0.2, 0.25) is 5.95 Å². The number of fused-ring (bicyclic) bond motifs is 1. The van der Waals surface area contributed by atoms with E-state index in [1.54, 1.807) is 0 Å². The molecule has 0 amide bonds. The van der Waals surface area contributed by atoms with Crippen LogP contribution < -0.4 is 11.1 Å². The molecule has 0 radical (unpaired) electrons. The molecule has 5 rings (SSSR count). The fourth-order valence-corrected chi connectivity index (χ4v) is 3.14. The predicted octanol–water partition coefficient (Wildman–Crippen LogP) is 4.06. The van der Waals surface area contributed by atoms with E-state index in [1.165, 1.54) is 35.0 Å². The quantitative estimate of drug-likeness (QED) is 0.544. The van der Waals surface area contributed by atoms with E-state index in [4.69, 9.17) is 5.73 Å². The van der Waals surface area contributed by atoms with Gasteiger partial charge in [-0.15, -0.1) is 5.10 Å². The Morgan fingerprint density at radius 1 is 0.966 bits per heavy atom. The second kappa shape index (κ2) is 6.47. The van der Waals surface area contributed by atoms with Gasteiger partial charge in [0, 0.05) is 17.7 Å². The third-order valence-electron chi connectivity index (χ3n) is 4.74. The molecular weight excluding hydrogens is 381 g/mol. The van der Waals surface area contributed by atoms with Crippen molar-refractivity contribution in [1.29, 1.82) is 0 Å². The van der Waals surface area contributed by atoms with E-state index in [0.29, 0.717) is 17.0 Å². The molecule has 0 unspecified atom stereocenters. The lowest BCUT2D eigenvalue weighted by molar-refractivity contribution is 0.585. The molecule has 1 saturated carbocycles. The number of anilines is 2. The molecule has 9 heteroatoms.